The van der Waals surface area contributed by atoms with Crippen LogP contribution in [0.5, 0.6) is 0 Å². The first-order valence-electron chi connectivity index (χ1n) is 8.18. The molecule has 0 saturated carbocycles. The average molecular weight is 289 g/mol. The Morgan fingerprint density at radius 3 is 2.29 bits per heavy atom. The van der Waals surface area contributed by atoms with E-state index in [0.717, 1.165) is 32.1 Å². The second-order valence-electron chi connectivity index (χ2n) is 6.34. The fraction of sp³-hybridized carbons (Fsp3) is 0.632. The number of hydrogen-bond acceptors (Lipinski definition) is 1. The van der Waals surface area contributed by atoms with Gasteiger partial charge in [-0.3, -0.25) is 4.79 Å². The Kier molecular flexibility index (Phi) is 6.44. The lowest BCUT2D eigenvalue weighted by atomic mass is 9.73. The predicted molar refractivity (Wildman–Crippen MR) is 91.1 cm³/mol. The Morgan fingerprint density at radius 2 is 1.90 bits per heavy atom. The molecule has 2 nitrogen and oxygen atoms in total. The Morgan fingerprint density at radius 1 is 1.33 bits per heavy atom. The van der Waals surface area contributed by atoms with Crippen LogP contribution in [0.4, 0.5) is 0 Å². The van der Waals surface area contributed by atoms with Gasteiger partial charge >= 0.3 is 0 Å². The number of nitrogens with zero attached hydrogens (tertiary/aromatic N) is 1. The highest BCUT2D eigenvalue weighted by Crippen LogP contribution is 2.53. The molecule has 118 valence electrons. The molecule has 1 amide bonds. The fourth-order valence-corrected chi connectivity index (χ4v) is 3.91. The number of allylic oxidation sites excluding steroid dienone is 4. The van der Waals surface area contributed by atoms with Crippen LogP contribution in [0.3, 0.4) is 0 Å². The van der Waals surface area contributed by atoms with Gasteiger partial charge in [-0.25, -0.2) is 0 Å². The summed E-state index contributed by atoms with van der Waals surface area (Å²) in [6.45, 7) is 10.5. The number of carbonyl (C=O) groups excluding carboxylic acids is 1. The van der Waals surface area contributed by atoms with Crippen molar-refractivity contribution in [2.24, 2.45) is 11.3 Å². The van der Waals surface area contributed by atoms with Gasteiger partial charge in [-0.05, 0) is 42.7 Å². The van der Waals surface area contributed by atoms with E-state index in [-0.39, 0.29) is 17.2 Å². The molecule has 0 aromatic carbocycles. The third kappa shape index (κ3) is 3.48. The quantitative estimate of drug-likeness (QED) is 0.663. The molecule has 0 radical (unpaired) electrons. The molecule has 21 heavy (non-hydrogen) atoms. The molecule has 0 heterocycles. The Labute approximate surface area is 130 Å². The van der Waals surface area contributed by atoms with Crippen LogP contribution in [0.25, 0.3) is 0 Å². The van der Waals surface area contributed by atoms with Crippen LogP contribution in [0.15, 0.2) is 36.0 Å². The minimum atomic E-state index is -0.0118. The van der Waals surface area contributed by atoms with Crippen molar-refractivity contribution >= 4 is 5.91 Å². The summed E-state index contributed by atoms with van der Waals surface area (Å²) in [6, 6.07) is 0. The van der Waals surface area contributed by atoms with Crippen LogP contribution in [-0.4, -0.2) is 24.9 Å². The van der Waals surface area contributed by atoms with Gasteiger partial charge in [0.1, 0.15) is 0 Å². The maximum Gasteiger partial charge on any atom is 0.229 e. The molecule has 0 saturated heterocycles. The molecule has 1 atom stereocenters. The normalized spacial score (nSPS) is 21.1. The largest absolute Gasteiger partial charge is 0.348 e. The molecule has 1 aliphatic carbocycles. The van der Waals surface area contributed by atoms with E-state index in [2.05, 4.69) is 26.5 Å². The molecular weight excluding hydrogens is 258 g/mol. The fourth-order valence-electron chi connectivity index (χ4n) is 3.91. The number of carbonyl (C=O) groups is 1. The zero-order valence-electron chi connectivity index (χ0n) is 14.4. The molecule has 0 aromatic heterocycles. The molecule has 0 bridgehead atoms. The van der Waals surface area contributed by atoms with Gasteiger partial charge in [0.25, 0.3) is 0 Å². The third-order valence-corrected chi connectivity index (χ3v) is 4.60. The molecule has 2 heteroatoms. The lowest BCUT2D eigenvalue weighted by Gasteiger charge is -2.32. The van der Waals surface area contributed by atoms with Crippen LogP contribution < -0.4 is 0 Å². The van der Waals surface area contributed by atoms with Crippen molar-refractivity contribution in [3.05, 3.63) is 36.0 Å². The molecule has 0 unspecified atom stereocenters. The summed E-state index contributed by atoms with van der Waals surface area (Å²) in [6.07, 6.45) is 11.7. The summed E-state index contributed by atoms with van der Waals surface area (Å²) in [5.74, 6) is 0.207. The monoisotopic (exact) mass is 289 g/mol. The molecule has 0 fully saturated rings. The first kappa shape index (κ1) is 17.7. The van der Waals surface area contributed by atoms with Crippen molar-refractivity contribution < 1.29 is 4.79 Å². The van der Waals surface area contributed by atoms with Gasteiger partial charge in [0.05, 0.1) is 5.92 Å². The third-order valence-electron chi connectivity index (χ3n) is 4.60. The highest BCUT2D eigenvalue weighted by Gasteiger charge is 2.45. The summed E-state index contributed by atoms with van der Waals surface area (Å²) in [5, 5.41) is 0. The average Bonchev–Trinajstić information content (AvgIpc) is 2.73. The minimum absolute atomic E-state index is 0.0118. The maximum atomic E-state index is 12.6. The minimum Gasteiger partial charge on any atom is -0.348 e. The summed E-state index contributed by atoms with van der Waals surface area (Å²) in [4.78, 5) is 14.3. The van der Waals surface area contributed by atoms with Crippen molar-refractivity contribution in [3.8, 4) is 0 Å². The van der Waals surface area contributed by atoms with Crippen LogP contribution in [0.2, 0.25) is 0 Å². The molecule has 1 aliphatic rings. The van der Waals surface area contributed by atoms with Crippen molar-refractivity contribution in [1.82, 2.24) is 4.90 Å². The number of rotatable bonds is 7. The first-order chi connectivity index (χ1) is 9.97. The predicted octanol–water partition coefficient (Wildman–Crippen LogP) is 4.74. The number of amides is 1. The molecule has 1 rings (SSSR count). The van der Waals surface area contributed by atoms with E-state index >= 15 is 0 Å². The van der Waals surface area contributed by atoms with Gasteiger partial charge < -0.3 is 4.90 Å². The van der Waals surface area contributed by atoms with Crippen molar-refractivity contribution in [2.75, 3.05) is 14.1 Å². The van der Waals surface area contributed by atoms with E-state index < -0.39 is 0 Å². The Balaban J connectivity index is 3.37. The van der Waals surface area contributed by atoms with Crippen molar-refractivity contribution in [2.45, 2.75) is 52.9 Å². The van der Waals surface area contributed by atoms with Crippen LogP contribution in [-0.2, 0) is 4.79 Å². The summed E-state index contributed by atoms with van der Waals surface area (Å²) >= 11 is 0. The summed E-state index contributed by atoms with van der Waals surface area (Å²) < 4.78 is 0. The Hall–Kier alpha value is -1.31. The molecular formula is C19H31NO. The molecule has 0 spiro atoms. The second kappa shape index (κ2) is 7.63. The summed E-state index contributed by atoms with van der Waals surface area (Å²) in [5.41, 5.74) is 2.63. The van der Waals surface area contributed by atoms with Gasteiger partial charge in [0.15, 0.2) is 0 Å². The molecule has 0 N–H and O–H groups in total. The lowest BCUT2D eigenvalue weighted by molar-refractivity contribution is -0.132. The van der Waals surface area contributed by atoms with Gasteiger partial charge in [0, 0.05) is 14.1 Å². The van der Waals surface area contributed by atoms with E-state index in [1.165, 1.54) is 11.1 Å². The second-order valence-corrected chi connectivity index (χ2v) is 6.34. The van der Waals surface area contributed by atoms with Crippen LogP contribution in [0.1, 0.15) is 52.9 Å². The highest BCUT2D eigenvalue weighted by molar-refractivity contribution is 5.83. The van der Waals surface area contributed by atoms with Gasteiger partial charge in [0.2, 0.25) is 5.91 Å². The van der Waals surface area contributed by atoms with Crippen molar-refractivity contribution in [1.29, 1.82) is 0 Å². The van der Waals surface area contributed by atoms with E-state index in [9.17, 15) is 4.79 Å². The van der Waals surface area contributed by atoms with E-state index in [0.29, 0.717) is 0 Å². The maximum absolute atomic E-state index is 12.6. The topological polar surface area (TPSA) is 20.3 Å². The molecule has 0 aromatic rings. The van der Waals surface area contributed by atoms with Crippen LogP contribution in [0, 0.1) is 11.3 Å². The van der Waals surface area contributed by atoms with E-state index in [1.54, 1.807) is 4.90 Å². The van der Waals surface area contributed by atoms with Gasteiger partial charge in [-0.1, -0.05) is 51.5 Å². The van der Waals surface area contributed by atoms with Crippen LogP contribution >= 0.6 is 0 Å². The zero-order chi connectivity index (χ0) is 16.0. The zero-order valence-corrected chi connectivity index (χ0v) is 14.4. The first-order valence-corrected chi connectivity index (χ1v) is 8.18. The van der Waals surface area contributed by atoms with Crippen molar-refractivity contribution in [3.63, 3.8) is 0 Å². The highest BCUT2D eigenvalue weighted by atomic mass is 16.2. The van der Waals surface area contributed by atoms with E-state index in [1.807, 2.05) is 33.2 Å². The standard InChI is InChI=1S/C19H31NO/c1-7-11-15-16(18(21)20(5)6)14-19(12-8-2,13-9-3)17(15)10-4/h7,10-11,16H,4,8-9,12-14H2,1-3,5-6H3/b11-7-/t16-/m1/s1. The lowest BCUT2D eigenvalue weighted by Crippen LogP contribution is -2.31. The summed E-state index contributed by atoms with van der Waals surface area (Å²) in [7, 11) is 3.70. The SMILES string of the molecule is C=CC1=C(/C=C\C)[C@H](C(=O)N(C)C)CC1(CCC)CCC. The Bertz CT molecular complexity index is 436. The number of hydrogen-bond donors (Lipinski definition) is 0. The molecule has 0 aliphatic heterocycles. The van der Waals surface area contributed by atoms with Gasteiger partial charge in [-0.15, -0.1) is 0 Å². The van der Waals surface area contributed by atoms with E-state index in [4.69, 9.17) is 0 Å². The smallest absolute Gasteiger partial charge is 0.229 e. The van der Waals surface area contributed by atoms with Gasteiger partial charge in [-0.2, -0.15) is 0 Å².